The van der Waals surface area contributed by atoms with Gasteiger partial charge in [-0.15, -0.1) is 0 Å². The molecule has 17 heavy (non-hydrogen) atoms. The number of halogens is 1. The van der Waals surface area contributed by atoms with Crippen LogP contribution >= 0.6 is 15.9 Å². The lowest BCUT2D eigenvalue weighted by atomic mass is 10.1. The number of aryl methyl sites for hydroxylation is 1. The summed E-state index contributed by atoms with van der Waals surface area (Å²) in [6.45, 7) is 4.60. The maximum atomic E-state index is 5.76. The Morgan fingerprint density at radius 1 is 1.41 bits per heavy atom. The molecule has 0 aliphatic carbocycles. The van der Waals surface area contributed by atoms with Gasteiger partial charge in [-0.1, -0.05) is 0 Å². The molecule has 3 nitrogen and oxygen atoms in total. The summed E-state index contributed by atoms with van der Waals surface area (Å²) in [5.74, 6) is 1.53. The fraction of sp³-hybridized carbons (Fsp3) is 0.538. The van der Waals surface area contributed by atoms with Gasteiger partial charge in [-0.05, 0) is 60.3 Å². The lowest BCUT2D eigenvalue weighted by molar-refractivity contribution is 0.309. The zero-order valence-corrected chi connectivity index (χ0v) is 12.2. The number of hydrogen-bond acceptors (Lipinski definition) is 3. The van der Waals surface area contributed by atoms with Gasteiger partial charge in [-0.3, -0.25) is 0 Å². The molecule has 0 saturated heterocycles. The Bertz CT molecular complexity index is 367. The topological polar surface area (TPSA) is 44.5 Å². The normalized spacial score (nSPS) is 12.3. The van der Waals surface area contributed by atoms with E-state index in [-0.39, 0.29) is 6.04 Å². The van der Waals surface area contributed by atoms with E-state index in [4.69, 9.17) is 15.2 Å². The number of methoxy groups -OCH3 is 1. The molecule has 0 aliphatic heterocycles. The minimum Gasteiger partial charge on any atom is -0.492 e. The highest BCUT2D eigenvalue weighted by molar-refractivity contribution is 9.10. The van der Waals surface area contributed by atoms with E-state index in [9.17, 15) is 0 Å². The molecule has 4 heteroatoms. The van der Waals surface area contributed by atoms with Gasteiger partial charge in [0, 0.05) is 6.04 Å². The summed E-state index contributed by atoms with van der Waals surface area (Å²) in [6, 6.07) is 4.30. The Morgan fingerprint density at radius 2 is 2.12 bits per heavy atom. The predicted octanol–water partition coefficient (Wildman–Crippen LogP) is 3.14. The molecule has 2 N–H and O–H groups in total. The summed E-state index contributed by atoms with van der Waals surface area (Å²) < 4.78 is 11.8. The van der Waals surface area contributed by atoms with Crippen LogP contribution < -0.4 is 15.2 Å². The Balaban J connectivity index is 2.93. The standard InChI is InChI=1S/C13H20BrNO2/c1-4-17-12-8-10(6-5-9(2)15)7-11(14)13(12)16-3/h7-9H,4-6,15H2,1-3H3. The molecule has 1 aromatic rings. The Hall–Kier alpha value is -0.740. The molecule has 1 atom stereocenters. The summed E-state index contributed by atoms with van der Waals surface area (Å²) in [4.78, 5) is 0. The second kappa shape index (κ2) is 6.87. The van der Waals surface area contributed by atoms with Crippen molar-refractivity contribution < 1.29 is 9.47 Å². The van der Waals surface area contributed by atoms with Gasteiger partial charge in [0.2, 0.25) is 0 Å². The van der Waals surface area contributed by atoms with Gasteiger partial charge in [0.05, 0.1) is 18.2 Å². The van der Waals surface area contributed by atoms with Crippen molar-refractivity contribution in [2.45, 2.75) is 32.7 Å². The average molecular weight is 302 g/mol. The van der Waals surface area contributed by atoms with Crippen LogP contribution in [0.5, 0.6) is 11.5 Å². The van der Waals surface area contributed by atoms with Crippen LogP contribution in [0.1, 0.15) is 25.8 Å². The molecular formula is C13H20BrNO2. The molecular weight excluding hydrogens is 282 g/mol. The third-order valence-corrected chi connectivity index (χ3v) is 3.05. The van der Waals surface area contributed by atoms with Crippen molar-refractivity contribution in [2.24, 2.45) is 5.73 Å². The van der Waals surface area contributed by atoms with Gasteiger partial charge >= 0.3 is 0 Å². The van der Waals surface area contributed by atoms with Crippen LogP contribution in [0.15, 0.2) is 16.6 Å². The Labute approximate surface area is 111 Å². The van der Waals surface area contributed by atoms with E-state index >= 15 is 0 Å². The highest BCUT2D eigenvalue weighted by Crippen LogP contribution is 2.36. The Kier molecular flexibility index (Phi) is 5.78. The number of benzene rings is 1. The SMILES string of the molecule is CCOc1cc(CCC(C)N)cc(Br)c1OC. The molecule has 0 aromatic heterocycles. The first-order valence-corrected chi connectivity index (χ1v) is 6.62. The predicted molar refractivity (Wildman–Crippen MR) is 73.8 cm³/mol. The minimum absolute atomic E-state index is 0.214. The average Bonchev–Trinajstić information content (AvgIpc) is 2.26. The van der Waals surface area contributed by atoms with E-state index in [2.05, 4.69) is 22.0 Å². The lowest BCUT2D eigenvalue weighted by Crippen LogP contribution is -2.15. The van der Waals surface area contributed by atoms with Crippen LogP contribution in [0, 0.1) is 0 Å². The zero-order chi connectivity index (χ0) is 12.8. The van der Waals surface area contributed by atoms with Crippen molar-refractivity contribution in [1.82, 2.24) is 0 Å². The number of hydrogen-bond donors (Lipinski definition) is 1. The highest BCUT2D eigenvalue weighted by atomic mass is 79.9. The fourth-order valence-electron chi connectivity index (χ4n) is 1.62. The number of nitrogens with two attached hydrogens (primary N) is 1. The van der Waals surface area contributed by atoms with Crippen molar-refractivity contribution in [2.75, 3.05) is 13.7 Å². The quantitative estimate of drug-likeness (QED) is 0.878. The molecule has 0 amide bonds. The van der Waals surface area contributed by atoms with Crippen LogP contribution in [-0.4, -0.2) is 19.8 Å². The molecule has 0 radical (unpaired) electrons. The van der Waals surface area contributed by atoms with Crippen LogP contribution in [0.2, 0.25) is 0 Å². The maximum absolute atomic E-state index is 5.76. The van der Waals surface area contributed by atoms with Gasteiger partial charge in [-0.25, -0.2) is 0 Å². The van der Waals surface area contributed by atoms with E-state index in [0.717, 1.165) is 28.8 Å². The molecule has 96 valence electrons. The monoisotopic (exact) mass is 301 g/mol. The summed E-state index contributed by atoms with van der Waals surface area (Å²) in [6.07, 6.45) is 1.91. The number of ether oxygens (including phenoxy) is 2. The smallest absolute Gasteiger partial charge is 0.174 e. The maximum Gasteiger partial charge on any atom is 0.174 e. The van der Waals surface area contributed by atoms with Crippen LogP contribution in [0.3, 0.4) is 0 Å². The largest absolute Gasteiger partial charge is 0.492 e. The Morgan fingerprint density at radius 3 is 2.65 bits per heavy atom. The van der Waals surface area contributed by atoms with Gasteiger partial charge < -0.3 is 15.2 Å². The summed E-state index contributed by atoms with van der Waals surface area (Å²) >= 11 is 3.50. The third kappa shape index (κ3) is 4.21. The molecule has 0 aliphatic rings. The van der Waals surface area contributed by atoms with Crippen molar-refractivity contribution in [3.63, 3.8) is 0 Å². The molecule has 1 aromatic carbocycles. The van der Waals surface area contributed by atoms with E-state index in [1.54, 1.807) is 7.11 Å². The van der Waals surface area contributed by atoms with Crippen molar-refractivity contribution in [3.05, 3.63) is 22.2 Å². The summed E-state index contributed by atoms with van der Waals surface area (Å²) in [5, 5.41) is 0. The summed E-state index contributed by atoms with van der Waals surface area (Å²) in [5.41, 5.74) is 6.97. The van der Waals surface area contributed by atoms with Crippen LogP contribution in [0.4, 0.5) is 0 Å². The second-order valence-corrected chi connectivity index (χ2v) is 4.91. The van der Waals surface area contributed by atoms with E-state index < -0.39 is 0 Å². The first-order chi connectivity index (χ1) is 8.08. The highest BCUT2D eigenvalue weighted by Gasteiger charge is 2.11. The molecule has 0 fully saturated rings. The molecule has 0 heterocycles. The van der Waals surface area contributed by atoms with E-state index in [0.29, 0.717) is 6.61 Å². The molecule has 0 bridgehead atoms. The van der Waals surface area contributed by atoms with Crippen molar-refractivity contribution in [1.29, 1.82) is 0 Å². The zero-order valence-electron chi connectivity index (χ0n) is 10.6. The summed E-state index contributed by atoms with van der Waals surface area (Å²) in [7, 11) is 1.64. The van der Waals surface area contributed by atoms with Gasteiger partial charge in [-0.2, -0.15) is 0 Å². The first-order valence-electron chi connectivity index (χ1n) is 5.83. The van der Waals surface area contributed by atoms with Crippen LogP contribution in [0.25, 0.3) is 0 Å². The molecule has 0 spiro atoms. The van der Waals surface area contributed by atoms with Crippen LogP contribution in [-0.2, 0) is 6.42 Å². The third-order valence-electron chi connectivity index (χ3n) is 2.46. The van der Waals surface area contributed by atoms with Gasteiger partial charge in [0.1, 0.15) is 0 Å². The van der Waals surface area contributed by atoms with E-state index in [1.807, 2.05) is 19.9 Å². The first kappa shape index (κ1) is 14.3. The van der Waals surface area contributed by atoms with Gasteiger partial charge in [0.25, 0.3) is 0 Å². The van der Waals surface area contributed by atoms with E-state index in [1.165, 1.54) is 5.56 Å². The number of rotatable bonds is 6. The van der Waals surface area contributed by atoms with Gasteiger partial charge in [0.15, 0.2) is 11.5 Å². The second-order valence-electron chi connectivity index (χ2n) is 4.06. The fourth-order valence-corrected chi connectivity index (χ4v) is 2.27. The van der Waals surface area contributed by atoms with Crippen molar-refractivity contribution in [3.8, 4) is 11.5 Å². The van der Waals surface area contributed by atoms with Crippen molar-refractivity contribution >= 4 is 15.9 Å². The minimum atomic E-state index is 0.214. The lowest BCUT2D eigenvalue weighted by Gasteiger charge is -2.13. The molecule has 1 rings (SSSR count). The molecule has 1 unspecified atom stereocenters. The molecule has 0 saturated carbocycles.